The Balaban J connectivity index is 1.50. The molecular weight excluding hydrogens is 496 g/mol. The number of carbonyl (C=O) groups excluding carboxylic acids is 1. The highest BCUT2D eigenvalue weighted by Gasteiger charge is 2.54. The van der Waals surface area contributed by atoms with Crippen LogP contribution in [0.3, 0.4) is 0 Å². The van der Waals surface area contributed by atoms with Crippen LogP contribution in [-0.4, -0.2) is 38.9 Å². The van der Waals surface area contributed by atoms with Crippen molar-refractivity contribution in [1.29, 1.82) is 0 Å². The van der Waals surface area contributed by atoms with E-state index in [0.717, 1.165) is 6.42 Å². The summed E-state index contributed by atoms with van der Waals surface area (Å²) in [6.07, 6.45) is 2.14. The lowest BCUT2D eigenvalue weighted by molar-refractivity contribution is -0.137. The summed E-state index contributed by atoms with van der Waals surface area (Å²) >= 11 is 5.42. The third kappa shape index (κ3) is 4.29. The van der Waals surface area contributed by atoms with E-state index in [4.69, 9.17) is 26.8 Å². The number of aliphatic carboxylic acids is 1. The Labute approximate surface area is 217 Å². The molecule has 190 valence electrons. The van der Waals surface area contributed by atoms with Gasteiger partial charge in [-0.05, 0) is 55.4 Å². The zero-order valence-electron chi connectivity index (χ0n) is 19.6. The molecule has 2 heterocycles. The second-order valence-electron chi connectivity index (χ2n) is 8.82. The Morgan fingerprint density at radius 1 is 0.973 bits per heavy atom. The number of aromatic hydroxyl groups is 2. The number of carbonyl (C=O) groups is 2. The van der Waals surface area contributed by atoms with Crippen LogP contribution < -0.4 is 15.4 Å². The van der Waals surface area contributed by atoms with Crippen LogP contribution in [0.4, 0.5) is 5.69 Å². The molecule has 5 rings (SSSR count). The van der Waals surface area contributed by atoms with Gasteiger partial charge in [0.15, 0.2) is 16.5 Å². The van der Waals surface area contributed by atoms with Gasteiger partial charge in [-0.15, -0.1) is 0 Å². The predicted molar refractivity (Wildman–Crippen MR) is 138 cm³/mol. The van der Waals surface area contributed by atoms with E-state index in [1.54, 1.807) is 24.3 Å². The van der Waals surface area contributed by atoms with Crippen LogP contribution in [0.2, 0.25) is 0 Å². The van der Waals surface area contributed by atoms with E-state index in [1.807, 2.05) is 12.1 Å². The first-order chi connectivity index (χ1) is 17.8. The van der Waals surface area contributed by atoms with Crippen molar-refractivity contribution in [2.45, 2.75) is 31.3 Å². The van der Waals surface area contributed by atoms with Crippen LogP contribution in [0.25, 0.3) is 0 Å². The molecule has 0 aromatic heterocycles. The smallest absolute Gasteiger partial charge is 0.340 e. The van der Waals surface area contributed by atoms with Gasteiger partial charge in [-0.2, -0.15) is 0 Å². The second-order valence-corrected chi connectivity index (χ2v) is 9.23. The Bertz CT molecular complexity index is 1420. The number of thiocarbonyl (C=S) groups is 1. The molecule has 9 nitrogen and oxygen atoms in total. The highest BCUT2D eigenvalue weighted by molar-refractivity contribution is 7.80. The number of unbranched alkanes of at least 4 members (excludes halogenated alkanes) is 2. The predicted octanol–water partition coefficient (Wildman–Crippen LogP) is 4.60. The maximum Gasteiger partial charge on any atom is 0.340 e. The van der Waals surface area contributed by atoms with Crippen molar-refractivity contribution in [2.75, 3.05) is 11.9 Å². The number of phenolic OH excluding ortho intramolecular Hbond substituents is 2. The number of fused-ring (bicyclic) bond motifs is 6. The molecule has 3 aromatic rings. The Morgan fingerprint density at radius 2 is 1.76 bits per heavy atom. The fourth-order valence-electron chi connectivity index (χ4n) is 4.77. The van der Waals surface area contributed by atoms with Crippen molar-refractivity contribution in [3.63, 3.8) is 0 Å². The molecule has 0 aliphatic carbocycles. The van der Waals surface area contributed by atoms with Crippen molar-refractivity contribution in [3.8, 4) is 23.0 Å². The highest BCUT2D eigenvalue weighted by Crippen LogP contribution is 2.59. The molecule has 5 N–H and O–H groups in total. The summed E-state index contributed by atoms with van der Waals surface area (Å²) in [7, 11) is 0. The number of rotatable bonds is 7. The maximum atomic E-state index is 12.9. The molecule has 2 aliphatic rings. The minimum atomic E-state index is -1.35. The lowest BCUT2D eigenvalue weighted by atomic mass is 9.77. The number of nitrogens with one attached hydrogen (secondary N) is 2. The van der Waals surface area contributed by atoms with Crippen LogP contribution in [-0.2, 0) is 15.1 Å². The van der Waals surface area contributed by atoms with Gasteiger partial charge in [0.25, 0.3) is 0 Å². The van der Waals surface area contributed by atoms with E-state index < -0.39 is 17.5 Å². The Morgan fingerprint density at radius 3 is 2.57 bits per heavy atom. The third-order valence-corrected chi connectivity index (χ3v) is 6.68. The second kappa shape index (κ2) is 9.62. The number of anilines is 1. The summed E-state index contributed by atoms with van der Waals surface area (Å²) < 4.78 is 12.2. The van der Waals surface area contributed by atoms with Crippen LogP contribution in [0.1, 0.15) is 52.7 Å². The largest absolute Gasteiger partial charge is 0.508 e. The molecule has 0 amide bonds. The van der Waals surface area contributed by atoms with Crippen molar-refractivity contribution in [1.82, 2.24) is 5.32 Å². The van der Waals surface area contributed by atoms with Crippen LogP contribution in [0.5, 0.6) is 23.0 Å². The molecule has 0 saturated heterocycles. The average molecular weight is 521 g/mol. The molecule has 2 aliphatic heterocycles. The van der Waals surface area contributed by atoms with Gasteiger partial charge in [0.05, 0.1) is 11.1 Å². The minimum absolute atomic E-state index is 0.0373. The number of esters is 1. The Hall–Kier alpha value is -4.31. The van der Waals surface area contributed by atoms with Crippen molar-refractivity contribution < 1.29 is 34.4 Å². The van der Waals surface area contributed by atoms with Crippen LogP contribution in [0, 0.1) is 0 Å². The van der Waals surface area contributed by atoms with Gasteiger partial charge >= 0.3 is 11.9 Å². The molecule has 0 saturated carbocycles. The van der Waals surface area contributed by atoms with E-state index in [2.05, 4.69) is 10.6 Å². The number of carboxylic acids is 1. The first kappa shape index (κ1) is 24.4. The van der Waals surface area contributed by atoms with Crippen molar-refractivity contribution in [2.24, 2.45) is 0 Å². The zero-order valence-corrected chi connectivity index (χ0v) is 20.4. The quantitative estimate of drug-likeness (QED) is 0.130. The summed E-state index contributed by atoms with van der Waals surface area (Å²) in [5, 5.41) is 35.9. The first-order valence-electron chi connectivity index (χ1n) is 11.8. The number of hydrogen-bond acceptors (Lipinski definition) is 7. The van der Waals surface area contributed by atoms with Gasteiger partial charge in [-0.1, -0.05) is 24.6 Å². The fraction of sp³-hybridized carbons (Fsp3) is 0.222. The number of ether oxygens (including phenoxy) is 2. The van der Waals surface area contributed by atoms with Gasteiger partial charge in [-0.3, -0.25) is 4.79 Å². The van der Waals surface area contributed by atoms with E-state index in [1.165, 1.54) is 18.2 Å². The van der Waals surface area contributed by atoms with E-state index >= 15 is 0 Å². The minimum Gasteiger partial charge on any atom is -0.508 e. The summed E-state index contributed by atoms with van der Waals surface area (Å²) in [5.74, 6) is -1.02. The van der Waals surface area contributed by atoms with Gasteiger partial charge in [-0.25, -0.2) is 4.79 Å². The molecule has 1 atom stereocenters. The van der Waals surface area contributed by atoms with Gasteiger partial charge in [0.2, 0.25) is 0 Å². The summed E-state index contributed by atoms with van der Waals surface area (Å²) in [5.41, 5.74) is 0.880. The highest BCUT2D eigenvalue weighted by atomic mass is 32.1. The molecule has 37 heavy (non-hydrogen) atoms. The molecular formula is C27H24N2O7S. The average Bonchev–Trinajstić information content (AvgIpc) is 3.16. The standard InChI is InChI=1S/C27H24N2O7S/c30-15-9-10-18-21(14-15)35-24-19(27(18)17-7-4-3-6-16(17)25(34)36-27)11-12-20(31)23(24)29-26(37)28-13-5-1-2-8-22(32)33/h3-4,6-7,9-12,14,30-31H,1-2,5,8,13H2,(H,32,33)(H2,28,29,37). The summed E-state index contributed by atoms with van der Waals surface area (Å²) in [6, 6.07) is 14.8. The number of phenols is 2. The SMILES string of the molecule is O=C(O)CCCCCNC(=S)Nc1c(O)ccc2c1Oc1cc(O)ccc1C21OC(=O)c2ccccc21. The molecule has 10 heteroatoms. The van der Waals surface area contributed by atoms with Crippen LogP contribution >= 0.6 is 12.2 Å². The monoisotopic (exact) mass is 520 g/mol. The van der Waals surface area contributed by atoms with E-state index in [0.29, 0.717) is 41.6 Å². The van der Waals surface area contributed by atoms with E-state index in [-0.39, 0.29) is 40.2 Å². The van der Waals surface area contributed by atoms with Crippen molar-refractivity contribution >= 4 is 35.0 Å². The zero-order chi connectivity index (χ0) is 26.2. The molecule has 3 aromatic carbocycles. The van der Waals surface area contributed by atoms with Crippen molar-refractivity contribution in [3.05, 3.63) is 76.9 Å². The van der Waals surface area contributed by atoms with E-state index in [9.17, 15) is 19.8 Å². The third-order valence-electron chi connectivity index (χ3n) is 6.44. The molecule has 1 spiro atoms. The number of carboxylic acid groups (broad SMARTS) is 1. The number of hydrogen-bond donors (Lipinski definition) is 5. The lowest BCUT2D eigenvalue weighted by Crippen LogP contribution is -2.34. The van der Waals surface area contributed by atoms with Crippen LogP contribution in [0.15, 0.2) is 54.6 Å². The molecule has 0 radical (unpaired) electrons. The normalized spacial score (nSPS) is 16.7. The summed E-state index contributed by atoms with van der Waals surface area (Å²) in [6.45, 7) is 0.508. The lowest BCUT2D eigenvalue weighted by Gasteiger charge is -2.37. The molecule has 0 fully saturated rings. The summed E-state index contributed by atoms with van der Waals surface area (Å²) in [4.78, 5) is 23.6. The van der Waals surface area contributed by atoms with Gasteiger partial charge < -0.3 is 35.4 Å². The molecule has 0 bridgehead atoms. The van der Waals surface area contributed by atoms with Gasteiger partial charge in [0.1, 0.15) is 22.9 Å². The molecule has 1 unspecified atom stereocenters. The Kier molecular flexibility index (Phi) is 6.34. The first-order valence-corrected chi connectivity index (χ1v) is 12.2. The number of benzene rings is 3. The maximum absolute atomic E-state index is 12.9. The fourth-order valence-corrected chi connectivity index (χ4v) is 4.98. The topological polar surface area (TPSA) is 137 Å². The van der Waals surface area contributed by atoms with Gasteiger partial charge in [0, 0.05) is 30.2 Å².